The van der Waals surface area contributed by atoms with Gasteiger partial charge in [-0.25, -0.2) is 8.42 Å². The first-order valence-electron chi connectivity index (χ1n) is 7.47. The van der Waals surface area contributed by atoms with Crippen LogP contribution in [0.4, 0.5) is 13.2 Å². The van der Waals surface area contributed by atoms with Gasteiger partial charge in [0.25, 0.3) is 0 Å². The molecule has 0 spiro atoms. The van der Waals surface area contributed by atoms with Gasteiger partial charge in [0.1, 0.15) is 6.04 Å². The van der Waals surface area contributed by atoms with Gasteiger partial charge in [-0.2, -0.15) is 17.9 Å². The minimum Gasteiger partial charge on any atom is -0.480 e. The summed E-state index contributed by atoms with van der Waals surface area (Å²) < 4.78 is 64.9. The molecule has 24 heavy (non-hydrogen) atoms. The predicted molar refractivity (Wildman–Crippen MR) is 80.7 cm³/mol. The van der Waals surface area contributed by atoms with Gasteiger partial charge in [-0.3, -0.25) is 4.79 Å². The van der Waals surface area contributed by atoms with E-state index in [4.69, 9.17) is 0 Å². The van der Waals surface area contributed by atoms with Crippen molar-refractivity contribution < 1.29 is 31.5 Å². The lowest BCUT2D eigenvalue weighted by Crippen LogP contribution is -2.42. The molecule has 0 saturated heterocycles. The molecular formula is C15H18F3NO4S. The van der Waals surface area contributed by atoms with Crippen molar-refractivity contribution >= 4 is 16.0 Å². The van der Waals surface area contributed by atoms with Crippen LogP contribution in [0.2, 0.25) is 0 Å². The summed E-state index contributed by atoms with van der Waals surface area (Å²) in [6, 6.07) is 6.30. The van der Waals surface area contributed by atoms with Gasteiger partial charge in [-0.15, -0.1) is 0 Å². The fourth-order valence-electron chi connectivity index (χ4n) is 2.87. The second-order valence-electron chi connectivity index (χ2n) is 5.86. The first kappa shape index (κ1) is 18.7. The average Bonchev–Trinajstić information content (AvgIpc) is 2.52. The number of carbonyl (C=O) groups is 1. The summed E-state index contributed by atoms with van der Waals surface area (Å²) in [6.45, 7) is 0. The summed E-state index contributed by atoms with van der Waals surface area (Å²) in [5.74, 6) is -2.86. The zero-order valence-electron chi connectivity index (χ0n) is 12.7. The molecule has 0 unspecified atom stereocenters. The van der Waals surface area contributed by atoms with E-state index in [1.807, 2.05) is 0 Å². The van der Waals surface area contributed by atoms with Gasteiger partial charge in [0.2, 0.25) is 10.0 Å². The number of alkyl halides is 3. The molecular weight excluding hydrogens is 347 g/mol. The third kappa shape index (κ3) is 4.47. The quantitative estimate of drug-likeness (QED) is 0.840. The van der Waals surface area contributed by atoms with Crippen molar-refractivity contribution in [2.24, 2.45) is 5.92 Å². The van der Waals surface area contributed by atoms with Gasteiger partial charge in [0.15, 0.2) is 0 Å². The molecule has 1 fully saturated rings. The molecule has 5 nitrogen and oxygen atoms in total. The van der Waals surface area contributed by atoms with Gasteiger partial charge in [0, 0.05) is 0 Å². The Balaban J connectivity index is 2.09. The van der Waals surface area contributed by atoms with E-state index in [-0.39, 0.29) is 31.2 Å². The summed E-state index contributed by atoms with van der Waals surface area (Å²) in [5, 5.41) is 8.25. The summed E-state index contributed by atoms with van der Waals surface area (Å²) in [7, 11) is -4.04. The fraction of sp³-hybridized carbons (Fsp3) is 0.533. The average molecular weight is 365 g/mol. The molecule has 9 heteroatoms. The van der Waals surface area contributed by atoms with E-state index in [1.54, 1.807) is 18.2 Å². The summed E-state index contributed by atoms with van der Waals surface area (Å²) >= 11 is 0. The third-order valence-electron chi connectivity index (χ3n) is 4.24. The molecule has 1 aromatic carbocycles. The molecule has 0 amide bonds. The standard InChI is InChI=1S/C15H18F3NO4S/c16-15(17,18)11-6-8-12(9-7-11)24(22,23)19-13(14(20)21)10-4-2-1-3-5-10/h1-5,11-13,19H,6-9H2,(H,20,21)/t11?,12?,13-/m0/s1. The highest BCUT2D eigenvalue weighted by molar-refractivity contribution is 7.90. The molecule has 0 heterocycles. The molecule has 0 bridgehead atoms. The zero-order chi connectivity index (χ0) is 18.0. The fourth-order valence-corrected chi connectivity index (χ4v) is 4.52. The maximum absolute atomic E-state index is 12.7. The molecule has 1 aliphatic rings. The number of aliphatic carboxylic acids is 1. The molecule has 0 aliphatic heterocycles. The zero-order valence-corrected chi connectivity index (χ0v) is 13.5. The molecule has 1 aliphatic carbocycles. The number of sulfonamides is 1. The second-order valence-corrected chi connectivity index (χ2v) is 7.85. The van der Waals surface area contributed by atoms with Crippen molar-refractivity contribution in [3.05, 3.63) is 35.9 Å². The van der Waals surface area contributed by atoms with Gasteiger partial charge in [0.05, 0.1) is 11.2 Å². The molecule has 2 rings (SSSR count). The Kier molecular flexibility index (Phi) is 5.54. The molecule has 0 aromatic heterocycles. The van der Waals surface area contributed by atoms with Crippen LogP contribution in [0.15, 0.2) is 30.3 Å². The van der Waals surface area contributed by atoms with E-state index in [9.17, 15) is 31.5 Å². The lowest BCUT2D eigenvalue weighted by atomic mass is 9.88. The molecule has 1 saturated carbocycles. The SMILES string of the molecule is O=C(O)[C@@H](NS(=O)(=O)C1CCC(C(F)(F)F)CC1)c1ccccc1. The van der Waals surface area contributed by atoms with Crippen LogP contribution in [-0.2, 0) is 14.8 Å². The van der Waals surface area contributed by atoms with E-state index in [1.165, 1.54) is 12.1 Å². The Morgan fingerprint density at radius 1 is 1.12 bits per heavy atom. The maximum Gasteiger partial charge on any atom is 0.391 e. The van der Waals surface area contributed by atoms with Gasteiger partial charge in [-0.1, -0.05) is 30.3 Å². The number of nitrogens with one attached hydrogen (secondary N) is 1. The Bertz CT molecular complexity index is 668. The van der Waals surface area contributed by atoms with Gasteiger partial charge in [-0.05, 0) is 31.2 Å². The first-order chi connectivity index (χ1) is 11.1. The first-order valence-corrected chi connectivity index (χ1v) is 9.01. The van der Waals surface area contributed by atoms with Crippen LogP contribution in [0.1, 0.15) is 37.3 Å². The number of rotatable bonds is 5. The van der Waals surface area contributed by atoms with Crippen LogP contribution in [-0.4, -0.2) is 30.9 Å². The topological polar surface area (TPSA) is 83.5 Å². The van der Waals surface area contributed by atoms with E-state index < -0.39 is 39.4 Å². The van der Waals surface area contributed by atoms with E-state index >= 15 is 0 Å². The highest BCUT2D eigenvalue weighted by atomic mass is 32.2. The summed E-state index contributed by atoms with van der Waals surface area (Å²) in [4.78, 5) is 11.4. The minimum atomic E-state index is -4.32. The number of hydrogen-bond acceptors (Lipinski definition) is 3. The highest BCUT2D eigenvalue weighted by Gasteiger charge is 2.44. The lowest BCUT2D eigenvalue weighted by Gasteiger charge is -2.30. The van der Waals surface area contributed by atoms with Crippen molar-refractivity contribution in [1.82, 2.24) is 4.72 Å². The van der Waals surface area contributed by atoms with Crippen LogP contribution < -0.4 is 4.72 Å². The Morgan fingerprint density at radius 3 is 2.12 bits per heavy atom. The Morgan fingerprint density at radius 2 is 1.67 bits per heavy atom. The van der Waals surface area contributed by atoms with Crippen molar-refractivity contribution in [3.63, 3.8) is 0 Å². The Hall–Kier alpha value is -1.61. The van der Waals surface area contributed by atoms with Gasteiger partial charge < -0.3 is 5.11 Å². The molecule has 0 radical (unpaired) electrons. The van der Waals surface area contributed by atoms with E-state index in [0.717, 1.165) is 0 Å². The number of hydrogen-bond donors (Lipinski definition) is 2. The monoisotopic (exact) mass is 365 g/mol. The van der Waals surface area contributed by atoms with Crippen LogP contribution in [0.25, 0.3) is 0 Å². The van der Waals surface area contributed by atoms with Crippen molar-refractivity contribution in [2.45, 2.75) is 43.2 Å². The second kappa shape index (κ2) is 7.10. The smallest absolute Gasteiger partial charge is 0.391 e. The number of carboxylic acids is 1. The van der Waals surface area contributed by atoms with Crippen LogP contribution in [0.5, 0.6) is 0 Å². The van der Waals surface area contributed by atoms with Crippen molar-refractivity contribution in [3.8, 4) is 0 Å². The van der Waals surface area contributed by atoms with Crippen LogP contribution in [0.3, 0.4) is 0 Å². The minimum absolute atomic E-state index is 0.138. The van der Waals surface area contributed by atoms with Crippen molar-refractivity contribution in [2.75, 3.05) is 0 Å². The van der Waals surface area contributed by atoms with Crippen LogP contribution >= 0.6 is 0 Å². The lowest BCUT2D eigenvalue weighted by molar-refractivity contribution is -0.181. The molecule has 1 atom stereocenters. The molecule has 134 valence electrons. The third-order valence-corrected chi connectivity index (χ3v) is 6.15. The number of halogens is 3. The van der Waals surface area contributed by atoms with E-state index in [0.29, 0.717) is 0 Å². The predicted octanol–water partition coefficient (Wildman–Crippen LogP) is 2.85. The largest absolute Gasteiger partial charge is 0.480 e. The van der Waals surface area contributed by atoms with E-state index in [2.05, 4.69) is 4.72 Å². The van der Waals surface area contributed by atoms with Gasteiger partial charge >= 0.3 is 12.1 Å². The van der Waals surface area contributed by atoms with Crippen LogP contribution in [0, 0.1) is 5.92 Å². The maximum atomic E-state index is 12.7. The molecule has 1 aromatic rings. The summed E-state index contributed by atoms with van der Waals surface area (Å²) in [5.41, 5.74) is 0.262. The highest BCUT2D eigenvalue weighted by Crippen LogP contribution is 2.39. The number of benzene rings is 1. The Labute approximate surface area is 137 Å². The summed E-state index contributed by atoms with van der Waals surface area (Å²) in [6.07, 6.45) is -5.13. The number of carboxylic acid groups (broad SMARTS) is 1. The normalized spacial score (nSPS) is 23.6. The molecule has 2 N–H and O–H groups in total. The van der Waals surface area contributed by atoms with Crippen molar-refractivity contribution in [1.29, 1.82) is 0 Å².